The van der Waals surface area contributed by atoms with Crippen LogP contribution in [-0.2, 0) is 4.74 Å². The molecule has 3 aliphatic rings. The molecule has 2 unspecified atom stereocenters. The second kappa shape index (κ2) is 11.4. The first kappa shape index (κ1) is 23.4. The quantitative estimate of drug-likeness (QED) is 0.359. The van der Waals surface area contributed by atoms with Gasteiger partial charge in [0.1, 0.15) is 5.75 Å². The van der Waals surface area contributed by atoms with Crippen LogP contribution >= 0.6 is 24.0 Å². The van der Waals surface area contributed by atoms with E-state index in [1.807, 2.05) is 19.2 Å². The molecule has 3 heterocycles. The largest absolute Gasteiger partial charge is 0.495 e. The lowest BCUT2D eigenvalue weighted by Crippen LogP contribution is -2.47. The molecule has 0 aliphatic carbocycles. The van der Waals surface area contributed by atoms with Crippen molar-refractivity contribution < 1.29 is 9.47 Å². The van der Waals surface area contributed by atoms with Crippen LogP contribution in [0.5, 0.6) is 5.75 Å². The molecule has 3 saturated heterocycles. The fraction of sp³-hybridized carbons (Fsp3) is 0.682. The number of hydrogen-bond donors (Lipinski definition) is 1. The number of rotatable bonds is 5. The van der Waals surface area contributed by atoms with Crippen LogP contribution in [0.1, 0.15) is 12.8 Å². The number of nitrogens with one attached hydrogen (secondary N) is 1. The van der Waals surface area contributed by atoms with E-state index in [1.165, 1.54) is 18.5 Å². The molecule has 3 fully saturated rings. The summed E-state index contributed by atoms with van der Waals surface area (Å²) in [5.74, 6) is 2.63. The number of aliphatic imine (C=N–C) groups is 1. The van der Waals surface area contributed by atoms with E-state index >= 15 is 0 Å². The van der Waals surface area contributed by atoms with Crippen LogP contribution in [0.25, 0.3) is 0 Å². The topological polar surface area (TPSA) is 52.6 Å². The summed E-state index contributed by atoms with van der Waals surface area (Å²) in [4.78, 5) is 12.0. The Hall–Kier alpha value is -1.26. The van der Waals surface area contributed by atoms with Crippen molar-refractivity contribution in [1.82, 2.24) is 15.1 Å². The number of likely N-dealkylation sites (tertiary alicyclic amines) is 1. The molecule has 7 nitrogen and oxygen atoms in total. The number of halogens is 1. The fourth-order valence-corrected chi connectivity index (χ4v) is 4.85. The van der Waals surface area contributed by atoms with Crippen molar-refractivity contribution in [2.75, 3.05) is 78.1 Å². The highest BCUT2D eigenvalue weighted by atomic mass is 127. The van der Waals surface area contributed by atoms with Gasteiger partial charge in [0.05, 0.1) is 26.0 Å². The van der Waals surface area contributed by atoms with Crippen molar-refractivity contribution >= 4 is 35.6 Å². The van der Waals surface area contributed by atoms with Crippen molar-refractivity contribution in [2.24, 2.45) is 10.9 Å². The molecule has 1 aromatic carbocycles. The third kappa shape index (κ3) is 5.50. The number of morpholine rings is 1. The number of methoxy groups -OCH3 is 1. The zero-order chi connectivity index (χ0) is 20.1. The number of anilines is 1. The minimum absolute atomic E-state index is 0. The lowest BCUT2D eigenvalue weighted by Gasteiger charge is -2.32. The number of ether oxygens (including phenoxy) is 2. The molecular weight excluding hydrogens is 493 g/mol. The first-order valence-electron chi connectivity index (χ1n) is 10.9. The van der Waals surface area contributed by atoms with Crippen molar-refractivity contribution in [3.05, 3.63) is 24.3 Å². The van der Waals surface area contributed by atoms with Crippen LogP contribution in [-0.4, -0.2) is 95.0 Å². The summed E-state index contributed by atoms with van der Waals surface area (Å²) >= 11 is 0. The average Bonchev–Trinajstić information content (AvgIpc) is 3.45. The summed E-state index contributed by atoms with van der Waals surface area (Å²) in [6.45, 7) is 9.11. The molecule has 168 valence electrons. The maximum Gasteiger partial charge on any atom is 0.193 e. The number of nitrogens with zero attached hydrogens (tertiary/aromatic N) is 4. The van der Waals surface area contributed by atoms with E-state index in [9.17, 15) is 0 Å². The van der Waals surface area contributed by atoms with Gasteiger partial charge in [0.25, 0.3) is 0 Å². The van der Waals surface area contributed by atoms with Gasteiger partial charge >= 0.3 is 0 Å². The van der Waals surface area contributed by atoms with Gasteiger partial charge in [0.2, 0.25) is 0 Å². The molecule has 3 aliphatic heterocycles. The zero-order valence-electron chi connectivity index (χ0n) is 18.3. The van der Waals surface area contributed by atoms with Gasteiger partial charge in [0, 0.05) is 58.9 Å². The van der Waals surface area contributed by atoms with Gasteiger partial charge in [-0.15, -0.1) is 24.0 Å². The van der Waals surface area contributed by atoms with Gasteiger partial charge in [-0.3, -0.25) is 9.89 Å². The number of benzene rings is 1. The number of hydrogen-bond acceptors (Lipinski definition) is 5. The molecule has 0 spiro atoms. The molecule has 0 amide bonds. The summed E-state index contributed by atoms with van der Waals surface area (Å²) in [6.07, 6.45) is 2.41. The van der Waals surface area contributed by atoms with Crippen molar-refractivity contribution in [2.45, 2.75) is 18.9 Å². The average molecular weight is 529 g/mol. The Balaban J connectivity index is 0.00000256. The summed E-state index contributed by atoms with van der Waals surface area (Å²) in [5, 5.41) is 3.65. The fourth-order valence-electron chi connectivity index (χ4n) is 4.85. The molecule has 1 N–H and O–H groups in total. The standard InChI is InChI=1S/C22H35N5O2.HI/c1-23-22(27-10-8-19(17-27)25-11-13-29-14-12-25)24-15-18-7-9-26(16-18)20-5-3-4-6-21(20)28-2;/h3-6,18-19H,7-17H2,1-2H3,(H,23,24);1H. The minimum atomic E-state index is 0. The highest BCUT2D eigenvalue weighted by Crippen LogP contribution is 2.31. The molecule has 30 heavy (non-hydrogen) atoms. The van der Waals surface area contributed by atoms with Crippen LogP contribution in [0.2, 0.25) is 0 Å². The van der Waals surface area contributed by atoms with Gasteiger partial charge in [-0.1, -0.05) is 12.1 Å². The van der Waals surface area contributed by atoms with Crippen molar-refractivity contribution in [3.8, 4) is 5.75 Å². The summed E-state index contributed by atoms with van der Waals surface area (Å²) in [5.41, 5.74) is 1.20. The monoisotopic (exact) mass is 529 g/mol. The van der Waals surface area contributed by atoms with Gasteiger partial charge in [0.15, 0.2) is 5.96 Å². The molecule has 1 aromatic rings. The Labute approximate surface area is 197 Å². The number of para-hydroxylation sites is 2. The molecule has 0 radical (unpaired) electrons. The Kier molecular flexibility index (Phi) is 8.88. The molecule has 8 heteroatoms. The van der Waals surface area contributed by atoms with Crippen LogP contribution < -0.4 is 15.0 Å². The number of guanidine groups is 1. The Morgan fingerprint density at radius 3 is 2.70 bits per heavy atom. The maximum absolute atomic E-state index is 5.54. The Bertz CT molecular complexity index is 698. The second-order valence-corrected chi connectivity index (χ2v) is 8.24. The van der Waals surface area contributed by atoms with E-state index in [-0.39, 0.29) is 24.0 Å². The highest BCUT2D eigenvalue weighted by molar-refractivity contribution is 14.0. The Morgan fingerprint density at radius 1 is 1.13 bits per heavy atom. The smallest absolute Gasteiger partial charge is 0.193 e. The lowest BCUT2D eigenvalue weighted by atomic mass is 10.1. The first-order valence-corrected chi connectivity index (χ1v) is 10.9. The van der Waals surface area contributed by atoms with Crippen LogP contribution in [0.3, 0.4) is 0 Å². The van der Waals surface area contributed by atoms with E-state index in [0.717, 1.165) is 70.7 Å². The second-order valence-electron chi connectivity index (χ2n) is 8.24. The van der Waals surface area contributed by atoms with Gasteiger partial charge in [-0.2, -0.15) is 0 Å². The Morgan fingerprint density at radius 2 is 1.93 bits per heavy atom. The van der Waals surface area contributed by atoms with E-state index in [0.29, 0.717) is 12.0 Å². The van der Waals surface area contributed by atoms with E-state index < -0.39 is 0 Å². The molecule has 0 aromatic heterocycles. The molecule has 0 saturated carbocycles. The van der Waals surface area contributed by atoms with Crippen LogP contribution in [0.4, 0.5) is 5.69 Å². The van der Waals surface area contributed by atoms with Crippen LogP contribution in [0, 0.1) is 5.92 Å². The molecule has 4 rings (SSSR count). The van der Waals surface area contributed by atoms with E-state index in [2.05, 4.69) is 37.1 Å². The molecular formula is C22H36IN5O2. The van der Waals surface area contributed by atoms with Crippen molar-refractivity contribution in [1.29, 1.82) is 0 Å². The summed E-state index contributed by atoms with van der Waals surface area (Å²) in [6, 6.07) is 8.94. The predicted octanol–water partition coefficient (Wildman–Crippen LogP) is 2.12. The minimum Gasteiger partial charge on any atom is -0.495 e. The van der Waals surface area contributed by atoms with Gasteiger partial charge in [-0.25, -0.2) is 0 Å². The maximum atomic E-state index is 5.54. The summed E-state index contributed by atoms with van der Waals surface area (Å²) in [7, 11) is 3.65. The first-order chi connectivity index (χ1) is 14.3. The zero-order valence-corrected chi connectivity index (χ0v) is 20.6. The van der Waals surface area contributed by atoms with Gasteiger partial charge in [-0.05, 0) is 30.9 Å². The van der Waals surface area contributed by atoms with Gasteiger partial charge < -0.3 is 24.6 Å². The third-order valence-corrected chi connectivity index (χ3v) is 6.50. The molecule has 2 atom stereocenters. The highest BCUT2D eigenvalue weighted by Gasteiger charge is 2.31. The van der Waals surface area contributed by atoms with Crippen LogP contribution in [0.15, 0.2) is 29.3 Å². The molecule has 0 bridgehead atoms. The predicted molar refractivity (Wildman–Crippen MR) is 132 cm³/mol. The normalized spacial score (nSPS) is 25.3. The van der Waals surface area contributed by atoms with Crippen molar-refractivity contribution in [3.63, 3.8) is 0 Å². The van der Waals surface area contributed by atoms with E-state index in [4.69, 9.17) is 9.47 Å². The summed E-state index contributed by atoms with van der Waals surface area (Å²) < 4.78 is 11.0. The van der Waals surface area contributed by atoms with E-state index in [1.54, 1.807) is 7.11 Å². The SMILES string of the molecule is CN=C(NCC1CCN(c2ccccc2OC)C1)N1CCC(N2CCOCC2)C1.I. The lowest BCUT2D eigenvalue weighted by molar-refractivity contribution is 0.0195. The third-order valence-electron chi connectivity index (χ3n) is 6.50.